The Kier molecular flexibility index (Phi) is 54.9. The van der Waals surface area contributed by atoms with Crippen LogP contribution in [0, 0.1) is 0 Å². The molecule has 0 saturated carbocycles. The lowest BCUT2D eigenvalue weighted by molar-refractivity contribution is -0.167. The largest absolute Gasteiger partial charge is 0.462 e. The van der Waals surface area contributed by atoms with Crippen LogP contribution >= 0.6 is 0 Å². The number of ether oxygens (including phenoxy) is 3. The molecule has 6 heteroatoms. The summed E-state index contributed by atoms with van der Waals surface area (Å²) in [5.41, 5.74) is 0. The monoisotopic (exact) mass is 983 g/mol. The van der Waals surface area contributed by atoms with Crippen LogP contribution in [0.1, 0.15) is 252 Å². The smallest absolute Gasteiger partial charge is 0.306 e. The van der Waals surface area contributed by atoms with Gasteiger partial charge in [0.05, 0.1) is 0 Å². The fraction of sp³-hybridized carbons (Fsp3) is 0.646. The molecule has 0 rings (SSSR count). The minimum Gasteiger partial charge on any atom is -0.462 e. The average molecular weight is 984 g/mol. The normalized spacial score (nSPS) is 13.0. The van der Waals surface area contributed by atoms with E-state index < -0.39 is 6.10 Å². The zero-order valence-corrected chi connectivity index (χ0v) is 45.9. The van der Waals surface area contributed by atoms with E-state index >= 15 is 0 Å². The van der Waals surface area contributed by atoms with Gasteiger partial charge < -0.3 is 14.2 Å². The molecule has 0 fully saturated rings. The third-order valence-corrected chi connectivity index (χ3v) is 11.9. The first kappa shape index (κ1) is 66.8. The van der Waals surface area contributed by atoms with Gasteiger partial charge in [0.15, 0.2) is 6.10 Å². The highest BCUT2D eigenvalue weighted by molar-refractivity contribution is 5.71. The van der Waals surface area contributed by atoms with Crippen molar-refractivity contribution in [2.75, 3.05) is 13.2 Å². The van der Waals surface area contributed by atoms with E-state index in [2.05, 4.69) is 142 Å². The highest BCUT2D eigenvalue weighted by Gasteiger charge is 2.19. The van der Waals surface area contributed by atoms with Gasteiger partial charge in [0.25, 0.3) is 0 Å². The summed E-state index contributed by atoms with van der Waals surface area (Å²) in [5.74, 6) is -0.949. The van der Waals surface area contributed by atoms with Gasteiger partial charge in [-0.2, -0.15) is 0 Å². The summed E-state index contributed by atoms with van der Waals surface area (Å²) in [4.78, 5) is 38.1. The second-order valence-corrected chi connectivity index (χ2v) is 18.8. The fourth-order valence-electron chi connectivity index (χ4n) is 7.70. The van der Waals surface area contributed by atoms with Gasteiger partial charge >= 0.3 is 17.9 Å². The molecular weight excluding hydrogens is 877 g/mol. The van der Waals surface area contributed by atoms with Crippen LogP contribution in [0.3, 0.4) is 0 Å². The first-order chi connectivity index (χ1) is 35.0. The van der Waals surface area contributed by atoms with Crippen LogP contribution in [-0.4, -0.2) is 37.2 Å². The van der Waals surface area contributed by atoms with Crippen LogP contribution in [0.4, 0.5) is 0 Å². The van der Waals surface area contributed by atoms with Crippen LogP contribution < -0.4 is 0 Å². The minimum atomic E-state index is -0.803. The van der Waals surface area contributed by atoms with Gasteiger partial charge in [0.2, 0.25) is 0 Å². The Morgan fingerprint density at radius 1 is 0.282 bits per heavy atom. The summed E-state index contributed by atoms with van der Waals surface area (Å²) in [6, 6.07) is 0. The van der Waals surface area contributed by atoms with E-state index in [-0.39, 0.29) is 31.1 Å². The van der Waals surface area contributed by atoms with Crippen molar-refractivity contribution in [2.24, 2.45) is 0 Å². The number of unbranched alkanes of at least 4 members (excludes halogenated alkanes) is 20. The van der Waals surface area contributed by atoms with E-state index in [1.807, 2.05) is 0 Å². The Balaban J connectivity index is 4.34. The lowest BCUT2D eigenvalue weighted by Crippen LogP contribution is -2.30. The highest BCUT2D eigenvalue weighted by Crippen LogP contribution is 2.15. The van der Waals surface area contributed by atoms with Crippen molar-refractivity contribution in [3.05, 3.63) is 122 Å². The predicted octanol–water partition coefficient (Wildman–Crippen LogP) is 19.6. The summed E-state index contributed by atoms with van der Waals surface area (Å²) >= 11 is 0. The van der Waals surface area contributed by atoms with E-state index in [1.54, 1.807) is 0 Å². The Morgan fingerprint density at radius 3 is 0.803 bits per heavy atom. The van der Waals surface area contributed by atoms with Crippen LogP contribution in [-0.2, 0) is 28.6 Å². The van der Waals surface area contributed by atoms with Gasteiger partial charge in [-0.1, -0.05) is 232 Å². The maximum Gasteiger partial charge on any atom is 0.306 e. The molecule has 0 aliphatic carbocycles. The Labute approximate surface area is 437 Å². The van der Waals surface area contributed by atoms with Gasteiger partial charge in [-0.05, 0) is 122 Å². The van der Waals surface area contributed by atoms with E-state index in [9.17, 15) is 14.4 Å². The number of carbonyl (C=O) groups excluding carboxylic acids is 3. The molecule has 1 atom stereocenters. The molecule has 0 aromatic carbocycles. The average Bonchev–Trinajstić information content (AvgIpc) is 3.37. The first-order valence-corrected chi connectivity index (χ1v) is 29.0. The predicted molar refractivity (Wildman–Crippen MR) is 306 cm³/mol. The molecule has 0 radical (unpaired) electrons. The number of hydrogen-bond acceptors (Lipinski definition) is 6. The maximum atomic E-state index is 12.8. The number of allylic oxidation sites excluding steroid dienone is 20. The van der Waals surface area contributed by atoms with Crippen LogP contribution in [0.5, 0.6) is 0 Å². The maximum absolute atomic E-state index is 12.8. The molecule has 0 aromatic heterocycles. The van der Waals surface area contributed by atoms with Crippen molar-refractivity contribution in [1.82, 2.24) is 0 Å². The third-order valence-electron chi connectivity index (χ3n) is 11.9. The second kappa shape index (κ2) is 58.4. The minimum absolute atomic E-state index is 0.0979. The molecule has 0 saturated heterocycles. The van der Waals surface area contributed by atoms with E-state index in [4.69, 9.17) is 14.2 Å². The topological polar surface area (TPSA) is 78.9 Å². The van der Waals surface area contributed by atoms with Crippen molar-refractivity contribution < 1.29 is 28.6 Å². The number of hydrogen-bond donors (Lipinski definition) is 0. The summed E-state index contributed by atoms with van der Waals surface area (Å²) in [6.45, 7) is 6.26. The van der Waals surface area contributed by atoms with Crippen molar-refractivity contribution >= 4 is 17.9 Å². The first-order valence-electron chi connectivity index (χ1n) is 29.0. The van der Waals surface area contributed by atoms with E-state index in [0.29, 0.717) is 19.3 Å². The number of rotatable bonds is 51. The van der Waals surface area contributed by atoms with Crippen molar-refractivity contribution in [3.8, 4) is 0 Å². The molecule has 402 valence electrons. The molecule has 0 aliphatic heterocycles. The van der Waals surface area contributed by atoms with Gasteiger partial charge in [0.1, 0.15) is 13.2 Å². The Bertz CT molecular complexity index is 1500. The van der Waals surface area contributed by atoms with Gasteiger partial charge in [-0.25, -0.2) is 0 Å². The standard InChI is InChI=1S/C65H106O6/c1-4-7-10-13-16-19-22-25-27-28-29-30-31-32-33-34-35-36-38-40-43-46-49-52-55-58-64(67)70-61-62(60-69-63(66)57-54-51-48-45-42-39-24-21-18-15-12-9-6-3)71-65(68)59-56-53-50-47-44-41-37-26-23-20-17-14-11-8-5-2/h7-12,16-21,25-27,29-30,37,39,42,62H,4-6,13-15,22-24,28,31-36,38,40-41,43-61H2,1-3H3/b10-7-,11-8-,12-9-,19-16-,20-17-,21-18-,27-25-,30-29-,37-26-,42-39-. The lowest BCUT2D eigenvalue weighted by Gasteiger charge is -2.18. The van der Waals surface area contributed by atoms with Gasteiger partial charge in [-0.3, -0.25) is 14.4 Å². The van der Waals surface area contributed by atoms with Gasteiger partial charge in [0, 0.05) is 19.3 Å². The molecule has 0 bridgehead atoms. The SMILES string of the molecule is CC/C=C\C/C=C\C/C=C\C/C=C\CCCCCCCCCCCCCCC(=O)OCC(COC(=O)CCCCC/C=C\C/C=C\C/C=C\CC)OC(=O)CCCCCCC/C=C\C/C=C\C/C=C\CC. The third kappa shape index (κ3) is 56.6. The fourth-order valence-corrected chi connectivity index (χ4v) is 7.70. The zero-order chi connectivity index (χ0) is 51.4. The number of esters is 3. The number of carbonyl (C=O) groups is 3. The molecule has 0 aromatic rings. The summed E-state index contributed by atoms with van der Waals surface area (Å²) in [5, 5.41) is 0. The molecule has 71 heavy (non-hydrogen) atoms. The summed E-state index contributed by atoms with van der Waals surface area (Å²) < 4.78 is 16.8. The molecule has 0 N–H and O–H groups in total. The quantitative estimate of drug-likeness (QED) is 0.0261. The highest BCUT2D eigenvalue weighted by atomic mass is 16.6. The summed E-state index contributed by atoms with van der Waals surface area (Å²) in [6.07, 6.45) is 80.6. The van der Waals surface area contributed by atoms with Crippen LogP contribution in [0.15, 0.2) is 122 Å². The zero-order valence-electron chi connectivity index (χ0n) is 45.9. The summed E-state index contributed by atoms with van der Waals surface area (Å²) in [7, 11) is 0. The molecule has 6 nitrogen and oxygen atoms in total. The van der Waals surface area contributed by atoms with E-state index in [1.165, 1.54) is 64.2 Å². The molecule has 0 heterocycles. The molecule has 0 aliphatic rings. The molecule has 0 spiro atoms. The van der Waals surface area contributed by atoms with Gasteiger partial charge in [-0.15, -0.1) is 0 Å². The lowest BCUT2D eigenvalue weighted by atomic mass is 10.0. The Morgan fingerprint density at radius 2 is 0.507 bits per heavy atom. The molecule has 1 unspecified atom stereocenters. The van der Waals surface area contributed by atoms with Crippen molar-refractivity contribution in [3.63, 3.8) is 0 Å². The van der Waals surface area contributed by atoms with E-state index in [0.717, 1.165) is 148 Å². The molecular formula is C65H106O6. The Hall–Kier alpha value is -4.19. The van der Waals surface area contributed by atoms with Crippen molar-refractivity contribution in [1.29, 1.82) is 0 Å². The van der Waals surface area contributed by atoms with Crippen molar-refractivity contribution in [2.45, 2.75) is 258 Å². The molecule has 0 amide bonds. The second-order valence-electron chi connectivity index (χ2n) is 18.8. The van der Waals surface area contributed by atoms with Crippen LogP contribution in [0.25, 0.3) is 0 Å². The van der Waals surface area contributed by atoms with Crippen LogP contribution in [0.2, 0.25) is 0 Å².